The van der Waals surface area contributed by atoms with E-state index in [1.807, 2.05) is 37.3 Å². The Hall–Kier alpha value is -1.55. The summed E-state index contributed by atoms with van der Waals surface area (Å²) in [6.45, 7) is 6.19. The number of carbonyl (C=O) groups excluding carboxylic acids is 1. The highest BCUT2D eigenvalue weighted by Gasteiger charge is 2.21. The summed E-state index contributed by atoms with van der Waals surface area (Å²) < 4.78 is 5.65. The highest BCUT2D eigenvalue weighted by Crippen LogP contribution is 2.15. The number of rotatable bonds is 6. The first-order chi connectivity index (χ1) is 10.1. The van der Waals surface area contributed by atoms with Gasteiger partial charge in [-0.2, -0.15) is 0 Å². The molecule has 1 N–H and O–H groups in total. The van der Waals surface area contributed by atoms with Gasteiger partial charge in [0.15, 0.2) is 0 Å². The first kappa shape index (κ1) is 15.8. The third-order valence-corrected chi connectivity index (χ3v) is 3.94. The lowest BCUT2D eigenvalue weighted by molar-refractivity contribution is -0.123. The average Bonchev–Trinajstić information content (AvgIpc) is 2.48. The van der Waals surface area contributed by atoms with Gasteiger partial charge in [0.2, 0.25) is 5.91 Å². The number of hydrogen-bond acceptors (Lipinski definition) is 3. The Labute approximate surface area is 127 Å². The van der Waals surface area contributed by atoms with E-state index in [9.17, 15) is 4.79 Å². The topological polar surface area (TPSA) is 41.6 Å². The van der Waals surface area contributed by atoms with Crippen molar-refractivity contribution >= 4 is 5.91 Å². The number of nitrogens with one attached hydrogen (secondary N) is 1. The molecule has 2 atom stereocenters. The van der Waals surface area contributed by atoms with Crippen LogP contribution >= 0.6 is 0 Å². The zero-order chi connectivity index (χ0) is 15.1. The van der Waals surface area contributed by atoms with E-state index in [4.69, 9.17) is 4.74 Å². The molecule has 116 valence electrons. The predicted molar refractivity (Wildman–Crippen MR) is 84.4 cm³/mol. The molecule has 1 aromatic rings. The second-order valence-electron chi connectivity index (χ2n) is 5.91. The fourth-order valence-electron chi connectivity index (χ4n) is 2.68. The van der Waals surface area contributed by atoms with Gasteiger partial charge in [0.1, 0.15) is 12.4 Å². The highest BCUT2D eigenvalue weighted by molar-refractivity contribution is 5.78. The van der Waals surface area contributed by atoms with E-state index in [-0.39, 0.29) is 11.9 Å². The Bertz CT molecular complexity index is 436. The first-order valence-corrected chi connectivity index (χ1v) is 7.86. The van der Waals surface area contributed by atoms with Gasteiger partial charge in [0.25, 0.3) is 0 Å². The van der Waals surface area contributed by atoms with Gasteiger partial charge < -0.3 is 10.1 Å². The van der Waals surface area contributed by atoms with Gasteiger partial charge in [0.05, 0.1) is 12.6 Å². The van der Waals surface area contributed by atoms with Crippen molar-refractivity contribution in [2.45, 2.75) is 45.2 Å². The number of benzene rings is 1. The summed E-state index contributed by atoms with van der Waals surface area (Å²) in [7, 11) is 0. The molecule has 1 aliphatic heterocycles. The highest BCUT2D eigenvalue weighted by atomic mass is 16.5. The minimum absolute atomic E-state index is 0.0119. The molecule has 21 heavy (non-hydrogen) atoms. The smallest absolute Gasteiger partial charge is 0.234 e. The van der Waals surface area contributed by atoms with Crippen LogP contribution in [-0.2, 0) is 4.79 Å². The zero-order valence-corrected chi connectivity index (χ0v) is 13.0. The van der Waals surface area contributed by atoms with E-state index in [0.717, 1.165) is 12.3 Å². The maximum absolute atomic E-state index is 12.1. The standard InChI is InChI=1S/C17H26N2O2/c1-14(13-21-16-9-4-3-5-10-16)18-17(20)12-19-11-7-6-8-15(19)2/h3-5,9-10,14-15H,6-8,11-13H2,1-2H3,(H,18,20)/t14-,15+/m1/s1. The number of ether oxygens (including phenoxy) is 1. The summed E-state index contributed by atoms with van der Waals surface area (Å²) in [5.74, 6) is 0.927. The SMILES string of the molecule is C[C@H](COc1ccccc1)NC(=O)CN1CCCC[C@@H]1C. The van der Waals surface area contributed by atoms with Crippen LogP contribution in [0.2, 0.25) is 0 Å². The molecule has 1 aliphatic rings. The summed E-state index contributed by atoms with van der Waals surface area (Å²) in [5, 5.41) is 3.01. The summed E-state index contributed by atoms with van der Waals surface area (Å²) in [4.78, 5) is 14.3. The largest absolute Gasteiger partial charge is 0.491 e. The molecular formula is C17H26N2O2. The van der Waals surface area contributed by atoms with Gasteiger partial charge in [-0.15, -0.1) is 0 Å². The van der Waals surface area contributed by atoms with Crippen molar-refractivity contribution in [2.75, 3.05) is 19.7 Å². The lowest BCUT2D eigenvalue weighted by Crippen LogP contribution is -2.47. The third-order valence-electron chi connectivity index (χ3n) is 3.94. The van der Waals surface area contributed by atoms with Gasteiger partial charge in [-0.3, -0.25) is 9.69 Å². The normalized spacial score (nSPS) is 20.8. The molecule has 0 bridgehead atoms. The van der Waals surface area contributed by atoms with Crippen LogP contribution in [0.3, 0.4) is 0 Å². The molecule has 1 saturated heterocycles. The molecule has 1 amide bonds. The van der Waals surface area contributed by atoms with Crippen molar-refractivity contribution in [1.29, 1.82) is 0 Å². The maximum Gasteiger partial charge on any atom is 0.234 e. The van der Waals surface area contributed by atoms with Crippen molar-refractivity contribution in [3.8, 4) is 5.75 Å². The molecule has 0 spiro atoms. The number of carbonyl (C=O) groups is 1. The van der Waals surface area contributed by atoms with Crippen molar-refractivity contribution in [2.24, 2.45) is 0 Å². The summed E-state index contributed by atoms with van der Waals surface area (Å²) in [6.07, 6.45) is 3.67. The Morgan fingerprint density at radius 3 is 2.86 bits per heavy atom. The van der Waals surface area contributed by atoms with E-state index in [1.54, 1.807) is 0 Å². The molecule has 4 nitrogen and oxygen atoms in total. The molecule has 2 rings (SSSR count). The number of amides is 1. The fourth-order valence-corrected chi connectivity index (χ4v) is 2.68. The van der Waals surface area contributed by atoms with Crippen molar-refractivity contribution in [3.63, 3.8) is 0 Å². The summed E-state index contributed by atoms with van der Waals surface area (Å²) >= 11 is 0. The van der Waals surface area contributed by atoms with Crippen LogP contribution in [0, 0.1) is 0 Å². The molecule has 1 aromatic carbocycles. The second kappa shape index (κ2) is 8.03. The van der Waals surface area contributed by atoms with E-state index in [1.165, 1.54) is 19.3 Å². The Morgan fingerprint density at radius 1 is 1.38 bits per heavy atom. The van der Waals surface area contributed by atoms with Gasteiger partial charge in [0, 0.05) is 6.04 Å². The molecule has 1 fully saturated rings. The van der Waals surface area contributed by atoms with Crippen LogP contribution in [0.15, 0.2) is 30.3 Å². The Balaban J connectivity index is 1.69. The van der Waals surface area contributed by atoms with E-state index >= 15 is 0 Å². The van der Waals surface area contributed by atoms with Crippen LogP contribution < -0.4 is 10.1 Å². The Morgan fingerprint density at radius 2 is 2.14 bits per heavy atom. The van der Waals surface area contributed by atoms with Crippen molar-refractivity contribution < 1.29 is 9.53 Å². The predicted octanol–water partition coefficient (Wildman–Crippen LogP) is 2.44. The number of para-hydroxylation sites is 1. The van der Waals surface area contributed by atoms with Crippen molar-refractivity contribution in [3.05, 3.63) is 30.3 Å². The number of hydrogen-bond donors (Lipinski definition) is 1. The monoisotopic (exact) mass is 290 g/mol. The summed E-state index contributed by atoms with van der Waals surface area (Å²) in [5.41, 5.74) is 0. The quantitative estimate of drug-likeness (QED) is 0.875. The van der Waals surface area contributed by atoms with Crippen LogP contribution in [0.25, 0.3) is 0 Å². The van der Waals surface area contributed by atoms with Gasteiger partial charge in [-0.05, 0) is 45.4 Å². The van der Waals surface area contributed by atoms with E-state index < -0.39 is 0 Å². The molecule has 0 aliphatic carbocycles. The lowest BCUT2D eigenvalue weighted by Gasteiger charge is -2.32. The molecule has 0 saturated carbocycles. The average molecular weight is 290 g/mol. The molecule has 0 unspecified atom stereocenters. The lowest BCUT2D eigenvalue weighted by atomic mass is 10.0. The first-order valence-electron chi connectivity index (χ1n) is 7.86. The molecule has 4 heteroatoms. The van der Waals surface area contributed by atoms with Gasteiger partial charge in [-0.25, -0.2) is 0 Å². The molecular weight excluding hydrogens is 264 g/mol. The van der Waals surface area contributed by atoms with Crippen LogP contribution in [0.5, 0.6) is 5.75 Å². The van der Waals surface area contributed by atoms with Crippen molar-refractivity contribution in [1.82, 2.24) is 10.2 Å². The summed E-state index contributed by atoms with van der Waals surface area (Å²) in [6, 6.07) is 10.2. The number of nitrogens with zero attached hydrogens (tertiary/aromatic N) is 1. The van der Waals surface area contributed by atoms with Crippen LogP contribution in [0.1, 0.15) is 33.1 Å². The van der Waals surface area contributed by atoms with Crippen LogP contribution in [0.4, 0.5) is 0 Å². The Kier molecular flexibility index (Phi) is 6.05. The number of piperidine rings is 1. The zero-order valence-electron chi connectivity index (χ0n) is 13.0. The fraction of sp³-hybridized carbons (Fsp3) is 0.588. The minimum atomic E-state index is 0.0119. The minimum Gasteiger partial charge on any atom is -0.491 e. The van der Waals surface area contributed by atoms with E-state index in [2.05, 4.69) is 17.1 Å². The van der Waals surface area contributed by atoms with E-state index in [0.29, 0.717) is 19.2 Å². The molecule has 0 aromatic heterocycles. The molecule has 1 heterocycles. The second-order valence-corrected chi connectivity index (χ2v) is 5.91. The molecule has 0 radical (unpaired) electrons. The maximum atomic E-state index is 12.1. The third kappa shape index (κ3) is 5.38. The van der Waals surface area contributed by atoms with Gasteiger partial charge >= 0.3 is 0 Å². The number of likely N-dealkylation sites (tertiary alicyclic amines) is 1. The van der Waals surface area contributed by atoms with Gasteiger partial charge in [-0.1, -0.05) is 24.6 Å². The van der Waals surface area contributed by atoms with Crippen LogP contribution in [-0.4, -0.2) is 42.6 Å².